The third kappa shape index (κ3) is 2.92. The van der Waals surface area contributed by atoms with E-state index in [1.165, 1.54) is 18.2 Å². The van der Waals surface area contributed by atoms with E-state index in [2.05, 4.69) is 22.5 Å². The zero-order valence-corrected chi connectivity index (χ0v) is 9.02. The van der Waals surface area contributed by atoms with Gasteiger partial charge in [0.15, 0.2) is 5.78 Å². The highest BCUT2D eigenvalue weighted by Gasteiger charge is 2.36. The highest BCUT2D eigenvalue weighted by Crippen LogP contribution is 2.27. The van der Waals surface area contributed by atoms with Crippen molar-refractivity contribution in [2.45, 2.75) is 6.18 Å². The van der Waals surface area contributed by atoms with Crippen molar-refractivity contribution in [1.82, 2.24) is 0 Å². The Bertz CT molecular complexity index is 409. The summed E-state index contributed by atoms with van der Waals surface area (Å²) in [6.07, 6.45) is -4.68. The number of carbonyl (C=O) groups is 1. The van der Waals surface area contributed by atoms with Crippen LogP contribution >= 0.6 is 15.9 Å². The number of hydrogen-bond acceptors (Lipinski definition) is 1. The zero-order valence-electron chi connectivity index (χ0n) is 7.44. The quantitative estimate of drug-likeness (QED) is 0.595. The van der Waals surface area contributed by atoms with Gasteiger partial charge in [-0.1, -0.05) is 34.6 Å². The minimum Gasteiger partial charge on any atom is -0.289 e. The fourth-order valence-corrected chi connectivity index (χ4v) is 1.33. The van der Waals surface area contributed by atoms with E-state index >= 15 is 0 Å². The molecule has 0 spiro atoms. The van der Waals surface area contributed by atoms with Crippen molar-refractivity contribution >= 4 is 21.7 Å². The van der Waals surface area contributed by atoms with Crippen LogP contribution in [0, 0.1) is 0 Å². The van der Waals surface area contributed by atoms with Gasteiger partial charge in [-0.25, -0.2) is 0 Å². The van der Waals surface area contributed by atoms with E-state index in [-0.39, 0.29) is 5.56 Å². The Morgan fingerprint density at radius 3 is 2.40 bits per heavy atom. The van der Waals surface area contributed by atoms with Crippen LogP contribution in [0.4, 0.5) is 13.2 Å². The summed E-state index contributed by atoms with van der Waals surface area (Å²) in [4.78, 5) is 11.3. The molecule has 0 heterocycles. The molecule has 0 bridgehead atoms. The normalized spacial score (nSPS) is 11.2. The second-order valence-electron chi connectivity index (χ2n) is 2.82. The van der Waals surface area contributed by atoms with Crippen molar-refractivity contribution in [2.24, 2.45) is 0 Å². The lowest BCUT2D eigenvalue weighted by Gasteiger charge is -2.08. The number of alkyl halides is 3. The van der Waals surface area contributed by atoms with Crippen LogP contribution in [0.15, 0.2) is 40.9 Å². The molecule has 0 saturated carbocycles. The van der Waals surface area contributed by atoms with Crippen molar-refractivity contribution < 1.29 is 18.0 Å². The first kappa shape index (κ1) is 12.0. The van der Waals surface area contributed by atoms with Crippen molar-refractivity contribution in [3.05, 3.63) is 46.5 Å². The van der Waals surface area contributed by atoms with Gasteiger partial charge >= 0.3 is 6.18 Å². The number of allylic oxidation sites excluding steroid dienone is 1. The van der Waals surface area contributed by atoms with E-state index in [1.807, 2.05) is 0 Å². The van der Waals surface area contributed by atoms with Gasteiger partial charge in [-0.15, -0.1) is 0 Å². The van der Waals surface area contributed by atoms with Crippen molar-refractivity contribution in [3.8, 4) is 0 Å². The molecule has 0 saturated heterocycles. The van der Waals surface area contributed by atoms with Crippen LogP contribution in [-0.4, -0.2) is 12.0 Å². The number of hydrogen-bond donors (Lipinski definition) is 0. The first-order chi connectivity index (χ1) is 6.82. The monoisotopic (exact) mass is 278 g/mol. The number of Topliss-reactive ketones (excluding diaryl/α,β-unsaturated/α-hetero) is 1. The van der Waals surface area contributed by atoms with Crippen molar-refractivity contribution in [2.75, 3.05) is 0 Å². The predicted octanol–water partition coefficient (Wildman–Crippen LogP) is 3.75. The molecule has 0 fully saturated rings. The van der Waals surface area contributed by atoms with Gasteiger partial charge in [0.25, 0.3) is 0 Å². The molecule has 80 valence electrons. The fourth-order valence-electron chi connectivity index (χ4n) is 0.933. The number of ketones is 1. The molecule has 1 aromatic carbocycles. The summed E-state index contributed by atoms with van der Waals surface area (Å²) in [5, 5.41) is 0. The van der Waals surface area contributed by atoms with Gasteiger partial charge in [0.05, 0.1) is 5.57 Å². The maximum absolute atomic E-state index is 12.2. The molecular formula is C10H6BrF3O. The minimum absolute atomic E-state index is 0.0355. The molecule has 1 aromatic rings. The Kier molecular flexibility index (Phi) is 3.34. The molecule has 0 radical (unpaired) electrons. The molecule has 0 amide bonds. The van der Waals surface area contributed by atoms with Crippen molar-refractivity contribution in [3.63, 3.8) is 0 Å². The van der Waals surface area contributed by atoms with Gasteiger partial charge in [0.2, 0.25) is 0 Å². The molecule has 0 aliphatic heterocycles. The summed E-state index contributed by atoms with van der Waals surface area (Å²) in [5.74, 6) is -1.11. The molecule has 1 nitrogen and oxygen atoms in total. The summed E-state index contributed by atoms with van der Waals surface area (Å²) in [7, 11) is 0. The summed E-state index contributed by atoms with van der Waals surface area (Å²) in [6.45, 7) is 2.74. The first-order valence-corrected chi connectivity index (χ1v) is 4.68. The van der Waals surface area contributed by atoms with Crippen LogP contribution in [0.3, 0.4) is 0 Å². The Morgan fingerprint density at radius 2 is 1.93 bits per heavy atom. The SMILES string of the molecule is C=C(C(=O)c1cccc(Br)c1)C(F)(F)F. The van der Waals surface area contributed by atoms with Gasteiger partial charge in [0, 0.05) is 10.0 Å². The average molecular weight is 279 g/mol. The highest BCUT2D eigenvalue weighted by atomic mass is 79.9. The molecule has 0 aliphatic rings. The third-order valence-electron chi connectivity index (χ3n) is 1.70. The van der Waals surface area contributed by atoms with E-state index in [1.54, 1.807) is 6.07 Å². The Hall–Kier alpha value is -1.10. The smallest absolute Gasteiger partial charge is 0.289 e. The summed E-state index contributed by atoms with van der Waals surface area (Å²) in [6, 6.07) is 5.73. The maximum atomic E-state index is 12.2. The highest BCUT2D eigenvalue weighted by molar-refractivity contribution is 9.10. The van der Waals surface area contributed by atoms with E-state index in [9.17, 15) is 18.0 Å². The van der Waals surface area contributed by atoms with E-state index in [4.69, 9.17) is 0 Å². The first-order valence-electron chi connectivity index (χ1n) is 3.88. The molecule has 5 heteroatoms. The van der Waals surface area contributed by atoms with Crippen LogP contribution in [0.25, 0.3) is 0 Å². The lowest BCUT2D eigenvalue weighted by molar-refractivity contribution is -0.0883. The number of carbonyl (C=O) groups excluding carboxylic acids is 1. The molecule has 0 aromatic heterocycles. The van der Waals surface area contributed by atoms with Gasteiger partial charge in [0.1, 0.15) is 0 Å². The third-order valence-corrected chi connectivity index (χ3v) is 2.20. The molecule has 1 rings (SSSR count). The Balaban J connectivity index is 3.01. The zero-order chi connectivity index (χ0) is 11.6. The summed E-state index contributed by atoms with van der Waals surface area (Å²) < 4.78 is 37.0. The van der Waals surface area contributed by atoms with E-state index in [0.717, 1.165) is 0 Å². The molecule has 0 atom stereocenters. The van der Waals surface area contributed by atoms with Crippen LogP contribution in [0.2, 0.25) is 0 Å². The number of benzene rings is 1. The van der Waals surface area contributed by atoms with Gasteiger partial charge in [-0.3, -0.25) is 4.79 Å². The van der Waals surface area contributed by atoms with Crippen LogP contribution < -0.4 is 0 Å². The second-order valence-corrected chi connectivity index (χ2v) is 3.73. The molecule has 15 heavy (non-hydrogen) atoms. The van der Waals surface area contributed by atoms with Crippen LogP contribution in [0.5, 0.6) is 0 Å². The lowest BCUT2D eigenvalue weighted by atomic mass is 10.0. The summed E-state index contributed by atoms with van der Waals surface area (Å²) in [5.41, 5.74) is -1.40. The summed E-state index contributed by atoms with van der Waals surface area (Å²) >= 11 is 3.07. The van der Waals surface area contributed by atoms with Gasteiger partial charge in [-0.2, -0.15) is 13.2 Å². The second kappa shape index (κ2) is 4.18. The minimum atomic E-state index is -4.68. The Morgan fingerprint density at radius 1 is 1.33 bits per heavy atom. The average Bonchev–Trinajstić information content (AvgIpc) is 2.14. The largest absolute Gasteiger partial charge is 0.419 e. The number of halogens is 4. The van der Waals surface area contributed by atoms with Gasteiger partial charge in [-0.05, 0) is 12.1 Å². The molecule has 0 N–H and O–H groups in total. The lowest BCUT2D eigenvalue weighted by Crippen LogP contribution is -2.19. The van der Waals surface area contributed by atoms with Gasteiger partial charge < -0.3 is 0 Å². The van der Waals surface area contributed by atoms with E-state index < -0.39 is 17.5 Å². The number of rotatable bonds is 2. The molecule has 0 aliphatic carbocycles. The van der Waals surface area contributed by atoms with E-state index in [0.29, 0.717) is 4.47 Å². The molecular weight excluding hydrogens is 273 g/mol. The van der Waals surface area contributed by atoms with Crippen molar-refractivity contribution in [1.29, 1.82) is 0 Å². The maximum Gasteiger partial charge on any atom is 0.419 e. The van der Waals surface area contributed by atoms with Crippen LogP contribution in [-0.2, 0) is 0 Å². The Labute approximate surface area is 92.7 Å². The predicted molar refractivity (Wildman–Crippen MR) is 53.7 cm³/mol. The molecule has 0 unspecified atom stereocenters. The standard InChI is InChI=1S/C10H6BrF3O/c1-6(10(12,13)14)9(15)7-3-2-4-8(11)5-7/h2-5H,1H2. The fraction of sp³-hybridized carbons (Fsp3) is 0.100. The van der Waals surface area contributed by atoms with Crippen LogP contribution in [0.1, 0.15) is 10.4 Å². The topological polar surface area (TPSA) is 17.1 Å².